The van der Waals surface area contributed by atoms with E-state index in [9.17, 15) is 20.4 Å². The van der Waals surface area contributed by atoms with Crippen LogP contribution in [0.3, 0.4) is 0 Å². The molecule has 6 nitrogen and oxygen atoms in total. The summed E-state index contributed by atoms with van der Waals surface area (Å²) in [4.78, 5) is 0. The molecule has 0 amide bonds. The van der Waals surface area contributed by atoms with Gasteiger partial charge < -0.3 is 30.8 Å². The third kappa shape index (κ3) is 2.03. The van der Waals surface area contributed by atoms with Gasteiger partial charge in [-0.2, -0.15) is 0 Å². The van der Waals surface area contributed by atoms with Crippen LogP contribution in [0.4, 0.5) is 11.4 Å². The molecular formula is C12H11NO5. The van der Waals surface area contributed by atoms with Gasteiger partial charge in [0.05, 0.1) is 11.4 Å². The first-order valence-electron chi connectivity index (χ1n) is 5.02. The second-order valence-electron chi connectivity index (χ2n) is 3.66. The lowest BCUT2D eigenvalue weighted by Gasteiger charge is -2.11. The van der Waals surface area contributed by atoms with Crippen LogP contribution in [0.1, 0.15) is 0 Å². The lowest BCUT2D eigenvalue weighted by atomic mass is 10.2. The topological polar surface area (TPSA) is 113 Å². The average Bonchev–Trinajstić information content (AvgIpc) is 2.34. The van der Waals surface area contributed by atoms with Gasteiger partial charge in [-0.3, -0.25) is 0 Å². The number of hydrogen-bond acceptors (Lipinski definition) is 6. The molecule has 2 aromatic rings. The molecule has 0 radical (unpaired) electrons. The summed E-state index contributed by atoms with van der Waals surface area (Å²) in [5.41, 5.74) is 0.224. The van der Waals surface area contributed by atoms with Crippen molar-refractivity contribution in [1.82, 2.24) is 0 Å². The molecule has 0 saturated heterocycles. The maximum Gasteiger partial charge on any atom is 0.202 e. The Bertz CT molecular complexity index is 597. The standard InChI is InChI=1S/C12H11NO5/c14-6-1-3-9(15)8(5-6)13-7-2-4-10(16)12(18)11(7)17/h1-5,13-18H. The number of rotatable bonds is 2. The van der Waals surface area contributed by atoms with Crippen molar-refractivity contribution >= 4 is 11.4 Å². The number of phenols is 5. The quantitative estimate of drug-likeness (QED) is 0.358. The van der Waals surface area contributed by atoms with Gasteiger partial charge in [-0.25, -0.2) is 0 Å². The van der Waals surface area contributed by atoms with Crippen LogP contribution in [0.2, 0.25) is 0 Å². The lowest BCUT2D eigenvalue weighted by Crippen LogP contribution is -1.91. The van der Waals surface area contributed by atoms with Gasteiger partial charge in [-0.05, 0) is 24.3 Å². The lowest BCUT2D eigenvalue weighted by molar-refractivity contribution is 0.369. The molecule has 94 valence electrons. The molecule has 0 saturated carbocycles. The molecule has 2 rings (SSSR count). The van der Waals surface area contributed by atoms with Crippen molar-refractivity contribution in [2.45, 2.75) is 0 Å². The highest BCUT2D eigenvalue weighted by Crippen LogP contribution is 2.42. The van der Waals surface area contributed by atoms with Crippen molar-refractivity contribution < 1.29 is 25.5 Å². The molecular weight excluding hydrogens is 238 g/mol. The Hall–Kier alpha value is -2.76. The number of anilines is 2. The third-order valence-corrected chi connectivity index (χ3v) is 2.38. The Balaban J connectivity index is 2.40. The van der Waals surface area contributed by atoms with E-state index in [4.69, 9.17) is 5.11 Å². The first-order chi connectivity index (χ1) is 8.49. The molecule has 0 bridgehead atoms. The van der Waals surface area contributed by atoms with Crippen molar-refractivity contribution in [2.24, 2.45) is 0 Å². The molecule has 2 aromatic carbocycles. The summed E-state index contributed by atoms with van der Waals surface area (Å²) in [5.74, 6) is -1.90. The number of nitrogens with one attached hydrogen (secondary N) is 1. The van der Waals surface area contributed by atoms with Gasteiger partial charge in [0.2, 0.25) is 5.75 Å². The van der Waals surface area contributed by atoms with E-state index in [-0.39, 0.29) is 22.9 Å². The van der Waals surface area contributed by atoms with Gasteiger partial charge in [0.1, 0.15) is 11.5 Å². The molecule has 0 unspecified atom stereocenters. The van der Waals surface area contributed by atoms with Crippen LogP contribution >= 0.6 is 0 Å². The number of hydrogen-bond donors (Lipinski definition) is 6. The van der Waals surface area contributed by atoms with E-state index in [1.807, 2.05) is 0 Å². The minimum absolute atomic E-state index is 0.0715. The van der Waals surface area contributed by atoms with E-state index in [0.29, 0.717) is 0 Å². The van der Waals surface area contributed by atoms with E-state index in [1.54, 1.807) is 0 Å². The number of benzene rings is 2. The summed E-state index contributed by atoms with van der Waals surface area (Å²) in [6, 6.07) is 6.31. The first kappa shape index (κ1) is 11.7. The van der Waals surface area contributed by atoms with Gasteiger partial charge >= 0.3 is 0 Å². The zero-order valence-corrected chi connectivity index (χ0v) is 9.12. The molecule has 0 aliphatic carbocycles. The summed E-state index contributed by atoms with van der Waals surface area (Å²) in [6.45, 7) is 0. The highest BCUT2D eigenvalue weighted by atomic mass is 16.3. The Morgan fingerprint density at radius 3 is 2.06 bits per heavy atom. The molecule has 0 spiro atoms. The molecule has 6 N–H and O–H groups in total. The monoisotopic (exact) mass is 249 g/mol. The van der Waals surface area contributed by atoms with E-state index in [0.717, 1.165) is 0 Å². The Morgan fingerprint density at radius 1 is 0.667 bits per heavy atom. The summed E-state index contributed by atoms with van der Waals surface area (Å²) < 4.78 is 0. The zero-order valence-electron chi connectivity index (χ0n) is 9.12. The molecule has 0 aromatic heterocycles. The summed E-state index contributed by atoms with van der Waals surface area (Å²) >= 11 is 0. The predicted octanol–water partition coefficient (Wildman–Crippen LogP) is 1.96. The Labute approximate surface area is 102 Å². The normalized spacial score (nSPS) is 10.2. The molecule has 0 aliphatic rings. The largest absolute Gasteiger partial charge is 0.508 e. The van der Waals surface area contributed by atoms with Gasteiger partial charge in [-0.15, -0.1) is 0 Å². The van der Waals surface area contributed by atoms with Crippen molar-refractivity contribution in [3.63, 3.8) is 0 Å². The van der Waals surface area contributed by atoms with E-state index in [1.165, 1.54) is 30.3 Å². The van der Waals surface area contributed by atoms with Crippen LogP contribution in [0.15, 0.2) is 30.3 Å². The molecule has 0 heterocycles. The van der Waals surface area contributed by atoms with Crippen molar-refractivity contribution in [3.05, 3.63) is 30.3 Å². The third-order valence-electron chi connectivity index (χ3n) is 2.38. The van der Waals surface area contributed by atoms with E-state index in [2.05, 4.69) is 5.32 Å². The molecule has 0 atom stereocenters. The number of aromatic hydroxyl groups is 5. The smallest absolute Gasteiger partial charge is 0.202 e. The summed E-state index contributed by atoms with van der Waals surface area (Å²) in [6.07, 6.45) is 0. The van der Waals surface area contributed by atoms with Crippen LogP contribution in [-0.2, 0) is 0 Å². The maximum absolute atomic E-state index is 9.58. The second-order valence-corrected chi connectivity index (χ2v) is 3.66. The molecule has 6 heteroatoms. The van der Waals surface area contributed by atoms with Gasteiger partial charge in [0.15, 0.2) is 11.5 Å². The van der Waals surface area contributed by atoms with Crippen LogP contribution < -0.4 is 5.32 Å². The minimum Gasteiger partial charge on any atom is -0.508 e. The average molecular weight is 249 g/mol. The molecule has 18 heavy (non-hydrogen) atoms. The minimum atomic E-state index is -0.667. The Kier molecular flexibility index (Phi) is 2.77. The van der Waals surface area contributed by atoms with Crippen molar-refractivity contribution in [3.8, 4) is 28.7 Å². The highest BCUT2D eigenvalue weighted by Gasteiger charge is 2.12. The summed E-state index contributed by atoms with van der Waals surface area (Å²) in [5, 5.41) is 49.5. The van der Waals surface area contributed by atoms with Gasteiger partial charge in [0.25, 0.3) is 0 Å². The van der Waals surface area contributed by atoms with E-state index < -0.39 is 17.2 Å². The van der Waals surface area contributed by atoms with Gasteiger partial charge in [-0.1, -0.05) is 0 Å². The summed E-state index contributed by atoms with van der Waals surface area (Å²) in [7, 11) is 0. The molecule has 0 fully saturated rings. The fourth-order valence-electron chi connectivity index (χ4n) is 1.44. The van der Waals surface area contributed by atoms with Crippen molar-refractivity contribution in [1.29, 1.82) is 0 Å². The van der Waals surface area contributed by atoms with Crippen LogP contribution in [-0.4, -0.2) is 25.5 Å². The SMILES string of the molecule is Oc1ccc(O)c(Nc2ccc(O)c(O)c2O)c1. The molecule has 0 aliphatic heterocycles. The second kappa shape index (κ2) is 4.25. The first-order valence-corrected chi connectivity index (χ1v) is 5.02. The van der Waals surface area contributed by atoms with Crippen molar-refractivity contribution in [2.75, 3.05) is 5.32 Å². The fourth-order valence-corrected chi connectivity index (χ4v) is 1.44. The number of phenolic OH excluding ortho intramolecular Hbond substituents is 5. The van der Waals surface area contributed by atoms with Crippen LogP contribution in [0.5, 0.6) is 28.7 Å². The predicted molar refractivity (Wildman–Crippen MR) is 64.5 cm³/mol. The fraction of sp³-hybridized carbons (Fsp3) is 0. The highest BCUT2D eigenvalue weighted by molar-refractivity contribution is 5.75. The maximum atomic E-state index is 9.58. The van der Waals surface area contributed by atoms with Gasteiger partial charge in [0, 0.05) is 6.07 Å². The van der Waals surface area contributed by atoms with Crippen LogP contribution in [0, 0.1) is 0 Å². The van der Waals surface area contributed by atoms with E-state index >= 15 is 0 Å². The van der Waals surface area contributed by atoms with Crippen LogP contribution in [0.25, 0.3) is 0 Å². The zero-order chi connectivity index (χ0) is 13.3. The Morgan fingerprint density at radius 2 is 1.33 bits per heavy atom.